The molecule has 0 aliphatic rings. The summed E-state index contributed by atoms with van der Waals surface area (Å²) in [6, 6.07) is 6.70. The quantitative estimate of drug-likeness (QED) is 0.890. The molecule has 2 nitrogen and oxygen atoms in total. The fourth-order valence-electron chi connectivity index (χ4n) is 1.60. The van der Waals surface area contributed by atoms with Crippen molar-refractivity contribution >= 4 is 0 Å². The molecule has 1 aromatic carbocycles. The maximum atomic E-state index is 12.5. The third-order valence-electron chi connectivity index (χ3n) is 3.38. The van der Waals surface area contributed by atoms with Crippen LogP contribution >= 0.6 is 0 Å². The Labute approximate surface area is 111 Å². The highest BCUT2D eigenvalue weighted by Gasteiger charge is 2.40. The number of nitrogens with two attached hydrogens (primary N) is 1. The summed E-state index contributed by atoms with van der Waals surface area (Å²) < 4.78 is 42.5. The second-order valence-electron chi connectivity index (χ2n) is 5.15. The Kier molecular flexibility index (Phi) is 4.85. The van der Waals surface area contributed by atoms with Gasteiger partial charge in [-0.25, -0.2) is 0 Å². The molecule has 19 heavy (non-hydrogen) atoms. The van der Waals surface area contributed by atoms with E-state index in [0.717, 1.165) is 12.0 Å². The summed E-state index contributed by atoms with van der Waals surface area (Å²) in [5.41, 5.74) is 6.15. The largest absolute Gasteiger partial charge is 0.480 e. The van der Waals surface area contributed by atoms with E-state index in [1.165, 1.54) is 0 Å². The SMILES string of the molecule is CCC(C)(C)c1ccc(OC(CN)C(F)(F)F)cc1. The lowest BCUT2D eigenvalue weighted by Crippen LogP contribution is -2.40. The predicted molar refractivity (Wildman–Crippen MR) is 69.3 cm³/mol. The first-order valence-electron chi connectivity index (χ1n) is 6.24. The molecular formula is C14H20F3NO. The van der Waals surface area contributed by atoms with Gasteiger partial charge in [-0.1, -0.05) is 32.9 Å². The molecule has 0 aliphatic carbocycles. The molecule has 0 radical (unpaired) electrons. The van der Waals surface area contributed by atoms with Gasteiger partial charge in [-0.05, 0) is 29.5 Å². The minimum absolute atomic E-state index is 0.00414. The van der Waals surface area contributed by atoms with Gasteiger partial charge < -0.3 is 10.5 Å². The van der Waals surface area contributed by atoms with Gasteiger partial charge in [0.25, 0.3) is 0 Å². The van der Waals surface area contributed by atoms with Crippen LogP contribution in [0.2, 0.25) is 0 Å². The van der Waals surface area contributed by atoms with E-state index in [0.29, 0.717) is 0 Å². The molecule has 2 N–H and O–H groups in total. The first-order chi connectivity index (χ1) is 8.70. The number of alkyl halides is 3. The van der Waals surface area contributed by atoms with Crippen LogP contribution in [0, 0.1) is 0 Å². The molecule has 108 valence electrons. The monoisotopic (exact) mass is 275 g/mol. The lowest BCUT2D eigenvalue weighted by molar-refractivity contribution is -0.191. The summed E-state index contributed by atoms with van der Waals surface area (Å²) in [4.78, 5) is 0. The Morgan fingerprint density at radius 3 is 2.05 bits per heavy atom. The molecule has 1 atom stereocenters. The van der Waals surface area contributed by atoms with E-state index >= 15 is 0 Å². The number of ether oxygens (including phenoxy) is 1. The van der Waals surface area contributed by atoms with Crippen molar-refractivity contribution in [2.24, 2.45) is 5.73 Å². The van der Waals surface area contributed by atoms with E-state index in [4.69, 9.17) is 10.5 Å². The summed E-state index contributed by atoms with van der Waals surface area (Å²) >= 11 is 0. The molecule has 1 unspecified atom stereocenters. The van der Waals surface area contributed by atoms with Gasteiger partial charge in [0.05, 0.1) is 0 Å². The van der Waals surface area contributed by atoms with Crippen LogP contribution in [-0.4, -0.2) is 18.8 Å². The highest BCUT2D eigenvalue weighted by Crippen LogP contribution is 2.29. The fourth-order valence-corrected chi connectivity index (χ4v) is 1.60. The molecule has 0 saturated carbocycles. The van der Waals surface area contributed by atoms with Gasteiger partial charge in [-0.15, -0.1) is 0 Å². The van der Waals surface area contributed by atoms with Crippen molar-refractivity contribution in [2.45, 2.75) is 44.9 Å². The Morgan fingerprint density at radius 1 is 1.16 bits per heavy atom. The van der Waals surface area contributed by atoms with Crippen LogP contribution < -0.4 is 10.5 Å². The van der Waals surface area contributed by atoms with Gasteiger partial charge in [0.2, 0.25) is 6.10 Å². The minimum atomic E-state index is -4.45. The average molecular weight is 275 g/mol. The molecule has 0 heterocycles. The summed E-state index contributed by atoms with van der Waals surface area (Å²) in [6.45, 7) is 5.65. The maximum Gasteiger partial charge on any atom is 0.426 e. The molecule has 0 amide bonds. The molecule has 0 aromatic heterocycles. The van der Waals surface area contributed by atoms with Gasteiger partial charge >= 0.3 is 6.18 Å². The van der Waals surface area contributed by atoms with E-state index in [-0.39, 0.29) is 11.2 Å². The van der Waals surface area contributed by atoms with Crippen LogP contribution in [0.4, 0.5) is 13.2 Å². The number of halogens is 3. The number of hydrogen-bond donors (Lipinski definition) is 1. The van der Waals surface area contributed by atoms with Crippen molar-refractivity contribution in [3.63, 3.8) is 0 Å². The lowest BCUT2D eigenvalue weighted by atomic mass is 9.82. The van der Waals surface area contributed by atoms with Crippen molar-refractivity contribution < 1.29 is 17.9 Å². The lowest BCUT2D eigenvalue weighted by Gasteiger charge is -2.24. The third kappa shape index (κ3) is 4.13. The molecule has 0 saturated heterocycles. The molecule has 1 rings (SSSR count). The summed E-state index contributed by atoms with van der Waals surface area (Å²) in [6.07, 6.45) is -5.46. The highest BCUT2D eigenvalue weighted by molar-refractivity contribution is 5.31. The topological polar surface area (TPSA) is 35.2 Å². The summed E-state index contributed by atoms with van der Waals surface area (Å²) in [7, 11) is 0. The number of benzene rings is 1. The average Bonchev–Trinajstić information content (AvgIpc) is 2.35. The second kappa shape index (κ2) is 5.82. The van der Waals surface area contributed by atoms with E-state index in [2.05, 4.69) is 20.8 Å². The van der Waals surface area contributed by atoms with Gasteiger partial charge in [0.15, 0.2) is 0 Å². The standard InChI is InChI=1S/C14H20F3NO/c1-4-13(2,3)10-5-7-11(8-6-10)19-12(9-18)14(15,16)17/h5-8,12H,4,9,18H2,1-3H3. The number of hydrogen-bond acceptors (Lipinski definition) is 2. The molecule has 0 spiro atoms. The Bertz CT molecular complexity index is 398. The molecule has 5 heteroatoms. The van der Waals surface area contributed by atoms with Crippen molar-refractivity contribution in [3.05, 3.63) is 29.8 Å². The van der Waals surface area contributed by atoms with E-state index in [1.54, 1.807) is 24.3 Å². The summed E-state index contributed by atoms with van der Waals surface area (Å²) in [5.74, 6) is 0.184. The van der Waals surface area contributed by atoms with Gasteiger partial charge in [0.1, 0.15) is 5.75 Å². The zero-order valence-corrected chi connectivity index (χ0v) is 11.4. The molecular weight excluding hydrogens is 255 g/mol. The molecule has 1 aromatic rings. The summed E-state index contributed by atoms with van der Waals surface area (Å²) in [5, 5.41) is 0. The minimum Gasteiger partial charge on any atom is -0.480 e. The zero-order valence-electron chi connectivity index (χ0n) is 11.4. The van der Waals surface area contributed by atoms with Crippen molar-refractivity contribution in [3.8, 4) is 5.75 Å². The van der Waals surface area contributed by atoms with Crippen molar-refractivity contribution in [2.75, 3.05) is 6.54 Å². The van der Waals surface area contributed by atoms with Crippen LogP contribution in [-0.2, 0) is 5.41 Å². The Morgan fingerprint density at radius 2 is 1.68 bits per heavy atom. The van der Waals surface area contributed by atoms with E-state index in [9.17, 15) is 13.2 Å². The maximum absolute atomic E-state index is 12.5. The Balaban J connectivity index is 2.83. The van der Waals surface area contributed by atoms with Crippen LogP contribution in [0.1, 0.15) is 32.8 Å². The number of rotatable bonds is 5. The second-order valence-corrected chi connectivity index (χ2v) is 5.15. The molecule has 0 bridgehead atoms. The van der Waals surface area contributed by atoms with Gasteiger partial charge in [0, 0.05) is 6.54 Å². The fraction of sp³-hybridized carbons (Fsp3) is 0.571. The van der Waals surface area contributed by atoms with Crippen LogP contribution in [0.3, 0.4) is 0 Å². The van der Waals surface area contributed by atoms with Gasteiger partial charge in [-0.2, -0.15) is 13.2 Å². The van der Waals surface area contributed by atoms with Crippen LogP contribution in [0.15, 0.2) is 24.3 Å². The first kappa shape index (κ1) is 15.8. The molecule has 0 fully saturated rings. The van der Waals surface area contributed by atoms with Crippen molar-refractivity contribution in [1.82, 2.24) is 0 Å². The van der Waals surface area contributed by atoms with E-state index < -0.39 is 18.8 Å². The van der Waals surface area contributed by atoms with Crippen LogP contribution in [0.5, 0.6) is 5.75 Å². The highest BCUT2D eigenvalue weighted by atomic mass is 19.4. The molecule has 0 aliphatic heterocycles. The zero-order chi connectivity index (χ0) is 14.7. The Hall–Kier alpha value is -1.23. The van der Waals surface area contributed by atoms with Crippen molar-refractivity contribution in [1.29, 1.82) is 0 Å². The van der Waals surface area contributed by atoms with Crippen LogP contribution in [0.25, 0.3) is 0 Å². The first-order valence-corrected chi connectivity index (χ1v) is 6.24. The van der Waals surface area contributed by atoms with Gasteiger partial charge in [-0.3, -0.25) is 0 Å². The third-order valence-corrected chi connectivity index (χ3v) is 3.38. The van der Waals surface area contributed by atoms with E-state index in [1.807, 2.05) is 0 Å². The normalized spacial score (nSPS) is 14.3. The smallest absolute Gasteiger partial charge is 0.426 e. The predicted octanol–water partition coefficient (Wildman–Crippen LogP) is 3.64.